The summed E-state index contributed by atoms with van der Waals surface area (Å²) >= 11 is 0. The molecule has 0 fully saturated rings. The lowest BCUT2D eigenvalue weighted by Gasteiger charge is -2.10. The molecule has 0 saturated heterocycles. The number of pyridine rings is 1. The van der Waals surface area contributed by atoms with Crippen molar-refractivity contribution in [2.24, 2.45) is 7.05 Å². The fourth-order valence-corrected chi connectivity index (χ4v) is 3.57. The van der Waals surface area contributed by atoms with Gasteiger partial charge in [-0.2, -0.15) is 0 Å². The number of hydrogen-bond acceptors (Lipinski definition) is 5. The molecule has 4 aromatic rings. The van der Waals surface area contributed by atoms with E-state index in [4.69, 9.17) is 9.47 Å². The van der Waals surface area contributed by atoms with Gasteiger partial charge in [-0.25, -0.2) is 4.98 Å². The van der Waals surface area contributed by atoms with E-state index in [2.05, 4.69) is 26.3 Å². The fourth-order valence-electron chi connectivity index (χ4n) is 3.57. The Hall–Kier alpha value is -4.00. The number of rotatable bonds is 6. The molecule has 0 aliphatic rings. The minimum Gasteiger partial charge on any atom is -0.497 e. The zero-order chi connectivity index (χ0) is 22.0. The van der Waals surface area contributed by atoms with Crippen LogP contribution in [0.2, 0.25) is 0 Å². The third kappa shape index (κ3) is 4.16. The zero-order valence-electron chi connectivity index (χ0n) is 17.9. The summed E-state index contributed by atoms with van der Waals surface area (Å²) in [4.78, 5) is 15.8. The van der Waals surface area contributed by atoms with Crippen LogP contribution in [0.15, 0.2) is 60.8 Å². The lowest BCUT2D eigenvalue weighted by molar-refractivity contribution is -0.114. The first-order valence-electron chi connectivity index (χ1n) is 9.81. The lowest BCUT2D eigenvalue weighted by atomic mass is 10.1. The molecule has 0 radical (unpaired) electrons. The van der Waals surface area contributed by atoms with Crippen molar-refractivity contribution >= 4 is 34.0 Å². The molecule has 0 aliphatic heterocycles. The van der Waals surface area contributed by atoms with Crippen LogP contribution in [-0.2, 0) is 11.8 Å². The van der Waals surface area contributed by atoms with E-state index in [1.165, 1.54) is 6.92 Å². The number of nitrogens with one attached hydrogen (secondary N) is 2. The molecule has 2 aromatic heterocycles. The van der Waals surface area contributed by atoms with Crippen molar-refractivity contribution in [1.82, 2.24) is 9.55 Å². The van der Waals surface area contributed by atoms with Gasteiger partial charge in [0.2, 0.25) is 5.91 Å². The van der Waals surface area contributed by atoms with Crippen LogP contribution in [0.1, 0.15) is 6.92 Å². The summed E-state index contributed by atoms with van der Waals surface area (Å²) in [5.41, 5.74) is 4.68. The van der Waals surface area contributed by atoms with E-state index >= 15 is 0 Å². The predicted octanol–water partition coefficient (Wildman–Crippen LogP) is 4.96. The molecule has 0 aliphatic carbocycles. The third-order valence-electron chi connectivity index (χ3n) is 5.09. The maximum absolute atomic E-state index is 11.2. The molecule has 2 N–H and O–H groups in total. The second kappa shape index (κ2) is 8.39. The van der Waals surface area contributed by atoms with Crippen LogP contribution in [0.5, 0.6) is 11.5 Å². The molecule has 31 heavy (non-hydrogen) atoms. The molecule has 0 saturated carbocycles. The Morgan fingerprint density at radius 3 is 2.19 bits per heavy atom. The number of anilines is 3. The number of ether oxygens (including phenoxy) is 2. The number of hydrogen-bond donors (Lipinski definition) is 2. The van der Waals surface area contributed by atoms with Crippen LogP contribution in [0.25, 0.3) is 22.2 Å². The number of fused-ring (bicyclic) bond motifs is 1. The number of benzene rings is 2. The smallest absolute Gasteiger partial charge is 0.221 e. The van der Waals surface area contributed by atoms with E-state index in [1.54, 1.807) is 20.4 Å². The summed E-state index contributed by atoms with van der Waals surface area (Å²) in [6, 6.07) is 17.4. The van der Waals surface area contributed by atoms with E-state index in [1.807, 2.05) is 55.6 Å². The first-order valence-corrected chi connectivity index (χ1v) is 9.81. The number of carbonyl (C=O) groups is 1. The number of amides is 1. The third-order valence-corrected chi connectivity index (χ3v) is 5.09. The summed E-state index contributed by atoms with van der Waals surface area (Å²) < 4.78 is 13.0. The van der Waals surface area contributed by atoms with Gasteiger partial charge in [-0.3, -0.25) is 4.79 Å². The van der Waals surface area contributed by atoms with Crippen LogP contribution < -0.4 is 20.1 Å². The van der Waals surface area contributed by atoms with Crippen molar-refractivity contribution in [1.29, 1.82) is 0 Å². The van der Waals surface area contributed by atoms with Crippen LogP contribution in [0.4, 0.5) is 17.2 Å². The maximum Gasteiger partial charge on any atom is 0.221 e. The number of methoxy groups -OCH3 is 2. The molecule has 1 amide bonds. The normalized spacial score (nSPS) is 10.7. The van der Waals surface area contributed by atoms with Gasteiger partial charge in [0.25, 0.3) is 0 Å². The highest BCUT2D eigenvalue weighted by molar-refractivity contribution is 5.96. The Kier molecular flexibility index (Phi) is 5.49. The topological polar surface area (TPSA) is 77.4 Å². The molecular weight excluding hydrogens is 392 g/mol. The molecule has 7 nitrogen and oxygen atoms in total. The Morgan fingerprint density at radius 1 is 0.935 bits per heavy atom. The van der Waals surface area contributed by atoms with Gasteiger partial charge in [-0.05, 0) is 48.5 Å². The molecule has 2 aromatic carbocycles. The van der Waals surface area contributed by atoms with Gasteiger partial charge in [0, 0.05) is 54.3 Å². The zero-order valence-corrected chi connectivity index (χ0v) is 17.9. The quantitative estimate of drug-likeness (QED) is 0.465. The number of carbonyl (C=O) groups excluding carboxylic acids is 1. The summed E-state index contributed by atoms with van der Waals surface area (Å²) in [6.45, 7) is 1.49. The Labute approximate surface area is 180 Å². The standard InChI is InChI=1S/C24H24N4O3/c1-15(29)26-17-5-7-18(8-6-17)27-24-21-14-23(28(2)22(21)9-10-25-24)16-11-19(30-3)13-20(12-16)31-4/h5-14H,1-4H3,(H,25,27)(H,26,29). The highest BCUT2D eigenvalue weighted by Crippen LogP contribution is 2.35. The van der Waals surface area contributed by atoms with Crippen molar-refractivity contribution in [3.63, 3.8) is 0 Å². The van der Waals surface area contributed by atoms with Crippen LogP contribution in [0, 0.1) is 0 Å². The minimum absolute atomic E-state index is 0.0990. The minimum atomic E-state index is -0.0990. The Balaban J connectivity index is 1.72. The Bertz CT molecular complexity index is 1220. The van der Waals surface area contributed by atoms with E-state index in [9.17, 15) is 4.79 Å². The van der Waals surface area contributed by atoms with Gasteiger partial charge in [0.05, 0.1) is 19.7 Å². The molecular formula is C24H24N4O3. The highest BCUT2D eigenvalue weighted by atomic mass is 16.5. The number of nitrogens with zero attached hydrogens (tertiary/aromatic N) is 2. The molecule has 158 valence electrons. The summed E-state index contributed by atoms with van der Waals surface area (Å²) in [6.07, 6.45) is 1.78. The summed E-state index contributed by atoms with van der Waals surface area (Å²) in [7, 11) is 5.31. The molecule has 2 heterocycles. The first-order chi connectivity index (χ1) is 15.0. The van der Waals surface area contributed by atoms with Crippen molar-refractivity contribution in [2.45, 2.75) is 6.92 Å². The number of aryl methyl sites for hydroxylation is 1. The van der Waals surface area contributed by atoms with Crippen LogP contribution >= 0.6 is 0 Å². The average Bonchev–Trinajstić information content (AvgIpc) is 3.12. The molecule has 7 heteroatoms. The van der Waals surface area contributed by atoms with Crippen molar-refractivity contribution in [3.05, 3.63) is 60.8 Å². The predicted molar refractivity (Wildman–Crippen MR) is 123 cm³/mol. The van der Waals surface area contributed by atoms with E-state index in [0.29, 0.717) is 0 Å². The van der Waals surface area contributed by atoms with Crippen molar-refractivity contribution < 1.29 is 14.3 Å². The maximum atomic E-state index is 11.2. The first kappa shape index (κ1) is 20.3. The average molecular weight is 416 g/mol. The SMILES string of the molecule is COc1cc(OC)cc(-c2cc3c(Nc4ccc(NC(C)=O)cc4)nccc3n2C)c1. The molecule has 0 bridgehead atoms. The van der Waals surface area contributed by atoms with Gasteiger partial charge >= 0.3 is 0 Å². The second-order valence-corrected chi connectivity index (χ2v) is 7.17. The monoisotopic (exact) mass is 416 g/mol. The van der Waals surface area contributed by atoms with E-state index < -0.39 is 0 Å². The van der Waals surface area contributed by atoms with Crippen molar-refractivity contribution in [2.75, 3.05) is 24.9 Å². The van der Waals surface area contributed by atoms with Crippen molar-refractivity contribution in [3.8, 4) is 22.8 Å². The largest absolute Gasteiger partial charge is 0.497 e. The van der Waals surface area contributed by atoms with Gasteiger partial charge in [0.1, 0.15) is 17.3 Å². The number of aromatic nitrogens is 2. The molecule has 0 atom stereocenters. The molecule has 0 unspecified atom stereocenters. The second-order valence-electron chi connectivity index (χ2n) is 7.17. The summed E-state index contributed by atoms with van der Waals surface area (Å²) in [5, 5.41) is 7.14. The van der Waals surface area contributed by atoms with E-state index in [-0.39, 0.29) is 5.91 Å². The highest BCUT2D eigenvalue weighted by Gasteiger charge is 2.14. The van der Waals surface area contributed by atoms with Gasteiger partial charge < -0.3 is 24.7 Å². The summed E-state index contributed by atoms with van der Waals surface area (Å²) in [5.74, 6) is 2.12. The van der Waals surface area contributed by atoms with E-state index in [0.717, 1.165) is 50.9 Å². The van der Waals surface area contributed by atoms with Crippen LogP contribution in [0.3, 0.4) is 0 Å². The van der Waals surface area contributed by atoms with Gasteiger partial charge in [-0.1, -0.05) is 0 Å². The molecule has 0 spiro atoms. The lowest BCUT2D eigenvalue weighted by Crippen LogP contribution is -2.05. The molecule has 4 rings (SSSR count). The fraction of sp³-hybridized carbons (Fsp3) is 0.167. The van der Waals surface area contributed by atoms with Gasteiger partial charge in [-0.15, -0.1) is 0 Å². The van der Waals surface area contributed by atoms with Crippen LogP contribution in [-0.4, -0.2) is 29.7 Å². The van der Waals surface area contributed by atoms with Gasteiger partial charge in [0.15, 0.2) is 0 Å². The Morgan fingerprint density at radius 2 is 1.58 bits per heavy atom.